The maximum absolute atomic E-state index is 14.9. The lowest BCUT2D eigenvalue weighted by Gasteiger charge is -2.29. The molecule has 250 valence electrons. The van der Waals surface area contributed by atoms with Crippen LogP contribution in [0.3, 0.4) is 0 Å². The topological polar surface area (TPSA) is 106 Å². The van der Waals surface area contributed by atoms with E-state index in [0.717, 1.165) is 0 Å². The van der Waals surface area contributed by atoms with E-state index in [2.05, 4.69) is 22.2 Å². The standard InChI is InChI=1S/C36H36Cl2FN5O4/c1-6-21-9-7-12-28(32(21)39)42-33-31(38)25(17-18-40-33)24-10-8-11-26(30(24)37)27-15-13-22(34(43-27)47-5)19-44(35(46)48-36(2,3)4)20-23-14-16-29(45)41-23/h6-13,15,17-18,23H,1,14,16,19-20H2,2-5H3,(H,40,42)(H,41,45)/t23-/m0/s1. The summed E-state index contributed by atoms with van der Waals surface area (Å²) in [7, 11) is 1.50. The van der Waals surface area contributed by atoms with Gasteiger partial charge in [0.2, 0.25) is 11.8 Å². The first-order chi connectivity index (χ1) is 22.9. The Balaban J connectivity index is 1.44. The van der Waals surface area contributed by atoms with Crippen molar-refractivity contribution in [3.05, 3.63) is 94.4 Å². The second kappa shape index (κ2) is 14.6. The number of ether oxygens (including phenoxy) is 2. The smallest absolute Gasteiger partial charge is 0.410 e. The SMILES string of the molecule is C=Cc1cccc(Nc2nccc(-c3cccc(-c4ccc(CN(C[C@@H]5CCC(=O)N5)C(=O)OC(C)(C)C)c(OC)n4)c3Cl)c2Cl)c1F. The van der Waals surface area contributed by atoms with Crippen LogP contribution in [0.4, 0.5) is 20.7 Å². The number of methoxy groups -OCH3 is 1. The number of hydrogen-bond donors (Lipinski definition) is 2. The van der Waals surface area contributed by atoms with E-state index >= 15 is 0 Å². The highest BCUT2D eigenvalue weighted by atomic mass is 35.5. The molecule has 12 heteroatoms. The molecule has 2 amide bonds. The number of nitrogens with one attached hydrogen (secondary N) is 2. The average Bonchev–Trinajstić information content (AvgIpc) is 3.46. The van der Waals surface area contributed by atoms with E-state index in [4.69, 9.17) is 37.7 Å². The lowest BCUT2D eigenvalue weighted by atomic mass is 10.0. The zero-order chi connectivity index (χ0) is 34.6. The number of rotatable bonds is 10. The molecule has 4 aromatic rings. The van der Waals surface area contributed by atoms with Crippen LogP contribution in [0.2, 0.25) is 10.0 Å². The van der Waals surface area contributed by atoms with Crippen molar-refractivity contribution in [1.82, 2.24) is 20.2 Å². The Morgan fingerprint density at radius 3 is 2.52 bits per heavy atom. The van der Waals surface area contributed by atoms with Crippen LogP contribution in [0.1, 0.15) is 44.7 Å². The van der Waals surface area contributed by atoms with Gasteiger partial charge in [-0.25, -0.2) is 19.2 Å². The van der Waals surface area contributed by atoms with Crippen LogP contribution in [0.15, 0.2) is 67.4 Å². The number of halogens is 3. The van der Waals surface area contributed by atoms with Crippen LogP contribution >= 0.6 is 23.2 Å². The van der Waals surface area contributed by atoms with Gasteiger partial charge in [0.15, 0.2) is 5.82 Å². The summed E-state index contributed by atoms with van der Waals surface area (Å²) in [5, 5.41) is 6.52. The zero-order valence-corrected chi connectivity index (χ0v) is 28.6. The van der Waals surface area contributed by atoms with Crippen LogP contribution < -0.4 is 15.4 Å². The fourth-order valence-corrected chi connectivity index (χ4v) is 5.93. The van der Waals surface area contributed by atoms with Gasteiger partial charge >= 0.3 is 6.09 Å². The molecule has 1 saturated heterocycles. The van der Waals surface area contributed by atoms with Gasteiger partial charge in [0.25, 0.3) is 0 Å². The highest BCUT2D eigenvalue weighted by Gasteiger charge is 2.29. The number of nitrogens with zero attached hydrogens (tertiary/aromatic N) is 3. The van der Waals surface area contributed by atoms with Crippen molar-refractivity contribution in [1.29, 1.82) is 0 Å². The van der Waals surface area contributed by atoms with Crippen molar-refractivity contribution in [3.8, 4) is 28.3 Å². The third kappa shape index (κ3) is 7.89. The number of anilines is 2. The summed E-state index contributed by atoms with van der Waals surface area (Å²) in [6, 6.07) is 15.5. The molecular weight excluding hydrogens is 656 g/mol. The van der Waals surface area contributed by atoms with Crippen molar-refractivity contribution in [3.63, 3.8) is 0 Å². The maximum atomic E-state index is 14.9. The third-order valence-electron chi connectivity index (χ3n) is 7.63. The predicted octanol–water partition coefficient (Wildman–Crippen LogP) is 8.67. The van der Waals surface area contributed by atoms with Gasteiger partial charge in [-0.1, -0.05) is 66.2 Å². The molecule has 5 rings (SSSR count). The minimum absolute atomic E-state index is 0.0420. The average molecular weight is 693 g/mol. The Labute approximate surface area is 289 Å². The maximum Gasteiger partial charge on any atom is 0.410 e. The Hall–Kier alpha value is -4.67. The summed E-state index contributed by atoms with van der Waals surface area (Å²) in [6.45, 7) is 9.46. The van der Waals surface area contributed by atoms with Crippen LogP contribution in [0.25, 0.3) is 28.5 Å². The lowest BCUT2D eigenvalue weighted by Crippen LogP contribution is -2.43. The molecule has 9 nitrogen and oxygen atoms in total. The normalized spacial score (nSPS) is 14.3. The van der Waals surface area contributed by atoms with Crippen molar-refractivity contribution in [2.45, 2.75) is 51.8 Å². The van der Waals surface area contributed by atoms with Gasteiger partial charge in [-0.15, -0.1) is 0 Å². The van der Waals surface area contributed by atoms with Crippen LogP contribution in [0, 0.1) is 5.82 Å². The van der Waals surface area contributed by atoms with Crippen LogP contribution in [-0.4, -0.2) is 52.2 Å². The summed E-state index contributed by atoms with van der Waals surface area (Å²) in [5.74, 6) is 0.0418. The molecule has 48 heavy (non-hydrogen) atoms. The zero-order valence-electron chi connectivity index (χ0n) is 27.1. The first kappa shape index (κ1) is 34.7. The molecule has 0 radical (unpaired) electrons. The molecule has 2 aromatic carbocycles. The molecule has 1 fully saturated rings. The Morgan fingerprint density at radius 1 is 1.10 bits per heavy atom. The second-order valence-corrected chi connectivity index (χ2v) is 13.0. The summed E-state index contributed by atoms with van der Waals surface area (Å²) < 4.78 is 26.2. The van der Waals surface area contributed by atoms with Gasteiger partial charge in [-0.3, -0.25) is 4.79 Å². The van der Waals surface area contributed by atoms with Gasteiger partial charge in [-0.05, 0) is 51.5 Å². The van der Waals surface area contributed by atoms with E-state index in [0.29, 0.717) is 57.3 Å². The van der Waals surface area contributed by atoms with Gasteiger partial charge in [-0.2, -0.15) is 0 Å². The van der Waals surface area contributed by atoms with E-state index in [9.17, 15) is 14.0 Å². The van der Waals surface area contributed by atoms with Gasteiger partial charge in [0, 0.05) is 53.0 Å². The van der Waals surface area contributed by atoms with Crippen molar-refractivity contribution >= 4 is 52.8 Å². The van der Waals surface area contributed by atoms with Crippen LogP contribution in [0.5, 0.6) is 5.88 Å². The van der Waals surface area contributed by atoms with Gasteiger partial charge in [0.05, 0.1) is 35.1 Å². The number of hydrogen-bond acceptors (Lipinski definition) is 7. The first-order valence-electron chi connectivity index (χ1n) is 15.3. The predicted molar refractivity (Wildman–Crippen MR) is 187 cm³/mol. The van der Waals surface area contributed by atoms with Gasteiger partial charge in [0.1, 0.15) is 11.4 Å². The fraction of sp³-hybridized carbons (Fsp3) is 0.278. The molecule has 0 unspecified atom stereocenters. The molecule has 3 heterocycles. The summed E-state index contributed by atoms with van der Waals surface area (Å²) in [4.78, 5) is 35.7. The minimum Gasteiger partial charge on any atom is -0.481 e. The molecule has 0 spiro atoms. The summed E-state index contributed by atoms with van der Waals surface area (Å²) in [6.07, 6.45) is 3.52. The van der Waals surface area contributed by atoms with E-state index in [1.165, 1.54) is 13.2 Å². The molecule has 1 aliphatic heterocycles. The molecule has 0 saturated carbocycles. The number of aromatic nitrogens is 2. The third-order valence-corrected chi connectivity index (χ3v) is 8.42. The molecule has 2 N–H and O–H groups in total. The minimum atomic E-state index is -0.705. The number of pyridine rings is 2. The molecule has 2 aromatic heterocycles. The number of carbonyl (C=O) groups excluding carboxylic acids is 2. The van der Waals surface area contributed by atoms with E-state index < -0.39 is 17.5 Å². The Morgan fingerprint density at radius 2 is 1.83 bits per heavy atom. The highest BCUT2D eigenvalue weighted by molar-refractivity contribution is 6.39. The van der Waals surface area contributed by atoms with Crippen molar-refractivity contribution in [2.75, 3.05) is 19.0 Å². The summed E-state index contributed by atoms with van der Waals surface area (Å²) >= 11 is 13.8. The van der Waals surface area contributed by atoms with Crippen molar-refractivity contribution in [2.24, 2.45) is 0 Å². The number of amides is 2. The Kier molecular flexibility index (Phi) is 10.6. The van der Waals surface area contributed by atoms with Gasteiger partial charge < -0.3 is 25.0 Å². The monoisotopic (exact) mass is 691 g/mol. The molecular formula is C36H36Cl2FN5O4. The second-order valence-electron chi connectivity index (χ2n) is 12.3. The van der Waals surface area contributed by atoms with Crippen LogP contribution in [-0.2, 0) is 16.1 Å². The van der Waals surface area contributed by atoms with E-state index in [1.54, 1.807) is 62.2 Å². The largest absolute Gasteiger partial charge is 0.481 e. The van der Waals surface area contributed by atoms with Crippen molar-refractivity contribution < 1.29 is 23.5 Å². The summed E-state index contributed by atoms with van der Waals surface area (Å²) in [5.41, 5.74) is 2.82. The number of carbonyl (C=O) groups is 2. The fourth-order valence-electron chi connectivity index (χ4n) is 5.34. The highest BCUT2D eigenvalue weighted by Crippen LogP contribution is 2.41. The molecule has 1 atom stereocenters. The number of benzene rings is 2. The molecule has 1 aliphatic rings. The van der Waals surface area contributed by atoms with E-state index in [1.807, 2.05) is 24.3 Å². The first-order valence-corrected chi connectivity index (χ1v) is 16.1. The Bertz CT molecular complexity index is 1860. The molecule has 0 aliphatic carbocycles. The van der Waals surface area contributed by atoms with E-state index in [-0.39, 0.29) is 41.6 Å². The molecule has 0 bridgehead atoms. The lowest BCUT2D eigenvalue weighted by molar-refractivity contribution is -0.119. The quantitative estimate of drug-likeness (QED) is 0.171.